The molecule has 0 bridgehead atoms. The highest BCUT2D eigenvalue weighted by Crippen LogP contribution is 2.23. The Morgan fingerprint density at radius 1 is 1.10 bits per heavy atom. The van der Waals surface area contributed by atoms with Crippen LogP contribution in [0.5, 0.6) is 0 Å². The predicted octanol–water partition coefficient (Wildman–Crippen LogP) is 3.71. The van der Waals surface area contributed by atoms with E-state index in [1.807, 2.05) is 12.1 Å². The molecule has 2 aromatic carbocycles. The number of benzene rings is 2. The first-order chi connectivity index (χ1) is 9.75. The number of nitrogens with one attached hydrogen (secondary N) is 2. The monoisotopic (exact) mass is 265 g/mol. The molecule has 0 aliphatic rings. The summed E-state index contributed by atoms with van der Waals surface area (Å²) in [6.07, 6.45) is 3.06. The number of aryl methyl sites for hydroxylation is 1. The SMILES string of the molecule is Cc1cccc(N)c1NCCc1c[nH]c2ccccc12. The lowest BCUT2D eigenvalue weighted by Gasteiger charge is -2.11. The Balaban J connectivity index is 1.71. The minimum atomic E-state index is 0.809. The van der Waals surface area contributed by atoms with Gasteiger partial charge in [0.2, 0.25) is 0 Å². The van der Waals surface area contributed by atoms with Crippen molar-refractivity contribution in [3.8, 4) is 0 Å². The fourth-order valence-corrected chi connectivity index (χ4v) is 2.59. The van der Waals surface area contributed by atoms with E-state index in [0.717, 1.165) is 24.3 Å². The van der Waals surface area contributed by atoms with Crippen LogP contribution < -0.4 is 11.1 Å². The number of para-hydroxylation sites is 2. The molecule has 0 spiro atoms. The van der Waals surface area contributed by atoms with Crippen LogP contribution in [0.15, 0.2) is 48.7 Å². The number of nitrogen functional groups attached to an aromatic ring is 1. The summed E-state index contributed by atoms with van der Waals surface area (Å²) in [4.78, 5) is 3.31. The number of nitrogens with two attached hydrogens (primary N) is 1. The molecule has 0 aliphatic carbocycles. The van der Waals surface area contributed by atoms with Gasteiger partial charge in [0.05, 0.1) is 11.4 Å². The molecule has 3 nitrogen and oxygen atoms in total. The summed E-state index contributed by atoms with van der Waals surface area (Å²) in [5.74, 6) is 0. The summed E-state index contributed by atoms with van der Waals surface area (Å²) in [5.41, 5.74) is 11.6. The fourth-order valence-electron chi connectivity index (χ4n) is 2.59. The van der Waals surface area contributed by atoms with Crippen molar-refractivity contribution in [1.29, 1.82) is 0 Å². The van der Waals surface area contributed by atoms with Crippen molar-refractivity contribution in [3.63, 3.8) is 0 Å². The lowest BCUT2D eigenvalue weighted by atomic mass is 10.1. The van der Waals surface area contributed by atoms with Crippen LogP contribution in [0.2, 0.25) is 0 Å². The number of rotatable bonds is 4. The zero-order valence-electron chi connectivity index (χ0n) is 11.6. The van der Waals surface area contributed by atoms with Gasteiger partial charge in [0.15, 0.2) is 0 Å². The zero-order valence-corrected chi connectivity index (χ0v) is 11.6. The number of aromatic amines is 1. The molecule has 0 aliphatic heterocycles. The largest absolute Gasteiger partial charge is 0.397 e. The molecule has 3 heteroatoms. The molecule has 0 amide bonds. The summed E-state index contributed by atoms with van der Waals surface area (Å²) < 4.78 is 0. The van der Waals surface area contributed by atoms with E-state index in [4.69, 9.17) is 5.73 Å². The molecule has 0 unspecified atom stereocenters. The Morgan fingerprint density at radius 3 is 2.80 bits per heavy atom. The van der Waals surface area contributed by atoms with Gasteiger partial charge in [0.25, 0.3) is 0 Å². The van der Waals surface area contributed by atoms with E-state index < -0.39 is 0 Å². The summed E-state index contributed by atoms with van der Waals surface area (Å²) in [5, 5.41) is 4.74. The van der Waals surface area contributed by atoms with Crippen LogP contribution in [0, 0.1) is 6.92 Å². The smallest absolute Gasteiger partial charge is 0.0603 e. The van der Waals surface area contributed by atoms with Crippen LogP contribution in [-0.2, 0) is 6.42 Å². The molecule has 20 heavy (non-hydrogen) atoms. The molecule has 0 saturated carbocycles. The fraction of sp³-hybridized carbons (Fsp3) is 0.176. The second-order valence-corrected chi connectivity index (χ2v) is 5.08. The minimum absolute atomic E-state index is 0.809. The van der Waals surface area contributed by atoms with Crippen molar-refractivity contribution in [2.75, 3.05) is 17.6 Å². The molecule has 0 atom stereocenters. The second-order valence-electron chi connectivity index (χ2n) is 5.08. The molecule has 3 rings (SSSR count). The molecule has 1 aromatic heterocycles. The van der Waals surface area contributed by atoms with E-state index >= 15 is 0 Å². The van der Waals surface area contributed by atoms with Gasteiger partial charge >= 0.3 is 0 Å². The van der Waals surface area contributed by atoms with Gasteiger partial charge in [-0.05, 0) is 36.6 Å². The van der Waals surface area contributed by atoms with Crippen molar-refractivity contribution < 1.29 is 0 Å². The first-order valence-electron chi connectivity index (χ1n) is 6.89. The molecule has 102 valence electrons. The summed E-state index contributed by atoms with van der Waals surface area (Å²) >= 11 is 0. The highest BCUT2D eigenvalue weighted by Gasteiger charge is 2.04. The Morgan fingerprint density at radius 2 is 1.95 bits per heavy atom. The Labute approximate surface area is 118 Å². The van der Waals surface area contributed by atoms with Gasteiger partial charge in [-0.1, -0.05) is 30.3 Å². The standard InChI is InChI=1S/C17H19N3/c1-12-5-4-7-15(18)17(12)19-10-9-13-11-20-16-8-3-2-6-14(13)16/h2-8,11,19-20H,9-10,18H2,1H3. The maximum Gasteiger partial charge on any atom is 0.0603 e. The summed E-state index contributed by atoms with van der Waals surface area (Å²) in [7, 11) is 0. The number of H-pyrrole nitrogens is 1. The predicted molar refractivity (Wildman–Crippen MR) is 86.1 cm³/mol. The highest BCUT2D eigenvalue weighted by atomic mass is 14.9. The number of hydrogen-bond donors (Lipinski definition) is 3. The molecule has 0 fully saturated rings. The highest BCUT2D eigenvalue weighted by molar-refractivity contribution is 5.83. The van der Waals surface area contributed by atoms with Crippen LogP contribution in [0.1, 0.15) is 11.1 Å². The maximum atomic E-state index is 6.00. The van der Waals surface area contributed by atoms with E-state index in [1.165, 1.54) is 22.0 Å². The van der Waals surface area contributed by atoms with Gasteiger partial charge in [0.1, 0.15) is 0 Å². The average Bonchev–Trinajstić information content (AvgIpc) is 2.86. The van der Waals surface area contributed by atoms with Gasteiger partial charge in [0, 0.05) is 23.6 Å². The molecular weight excluding hydrogens is 246 g/mol. The summed E-state index contributed by atoms with van der Waals surface area (Å²) in [6, 6.07) is 14.4. The topological polar surface area (TPSA) is 53.8 Å². The molecule has 3 aromatic rings. The van der Waals surface area contributed by atoms with Gasteiger partial charge in [-0.3, -0.25) is 0 Å². The number of aromatic nitrogens is 1. The van der Waals surface area contributed by atoms with Crippen molar-refractivity contribution in [1.82, 2.24) is 4.98 Å². The van der Waals surface area contributed by atoms with Gasteiger partial charge in [-0.2, -0.15) is 0 Å². The molecular formula is C17H19N3. The number of anilines is 2. The van der Waals surface area contributed by atoms with E-state index in [1.54, 1.807) is 0 Å². The van der Waals surface area contributed by atoms with Crippen LogP contribution >= 0.6 is 0 Å². The normalized spacial score (nSPS) is 10.8. The minimum Gasteiger partial charge on any atom is -0.397 e. The van der Waals surface area contributed by atoms with Crippen LogP contribution in [0.25, 0.3) is 10.9 Å². The Bertz CT molecular complexity index is 708. The second kappa shape index (κ2) is 5.29. The summed E-state index contributed by atoms with van der Waals surface area (Å²) in [6.45, 7) is 2.95. The van der Waals surface area contributed by atoms with E-state index in [0.29, 0.717) is 0 Å². The quantitative estimate of drug-likeness (QED) is 0.630. The third-order valence-corrected chi connectivity index (χ3v) is 3.68. The zero-order chi connectivity index (χ0) is 13.9. The van der Waals surface area contributed by atoms with E-state index in [9.17, 15) is 0 Å². The van der Waals surface area contributed by atoms with E-state index in [2.05, 4.69) is 53.8 Å². The van der Waals surface area contributed by atoms with E-state index in [-0.39, 0.29) is 0 Å². The molecule has 1 heterocycles. The van der Waals surface area contributed by atoms with Crippen molar-refractivity contribution in [2.24, 2.45) is 0 Å². The average molecular weight is 265 g/mol. The lowest BCUT2D eigenvalue weighted by Crippen LogP contribution is -2.08. The third-order valence-electron chi connectivity index (χ3n) is 3.68. The molecule has 4 N–H and O–H groups in total. The number of hydrogen-bond acceptors (Lipinski definition) is 2. The van der Waals surface area contributed by atoms with Gasteiger partial charge < -0.3 is 16.0 Å². The van der Waals surface area contributed by atoms with Crippen LogP contribution in [0.4, 0.5) is 11.4 Å². The van der Waals surface area contributed by atoms with Crippen LogP contribution in [-0.4, -0.2) is 11.5 Å². The molecule has 0 radical (unpaired) electrons. The Hall–Kier alpha value is -2.42. The Kier molecular flexibility index (Phi) is 3.33. The first kappa shape index (κ1) is 12.6. The van der Waals surface area contributed by atoms with Crippen molar-refractivity contribution >= 4 is 22.3 Å². The van der Waals surface area contributed by atoms with Crippen molar-refractivity contribution in [3.05, 3.63) is 59.8 Å². The third kappa shape index (κ3) is 2.35. The first-order valence-corrected chi connectivity index (χ1v) is 6.89. The molecule has 0 saturated heterocycles. The lowest BCUT2D eigenvalue weighted by molar-refractivity contribution is 1.03. The van der Waals surface area contributed by atoms with Gasteiger partial charge in [-0.25, -0.2) is 0 Å². The van der Waals surface area contributed by atoms with Crippen LogP contribution in [0.3, 0.4) is 0 Å². The maximum absolute atomic E-state index is 6.00. The van der Waals surface area contributed by atoms with Crippen molar-refractivity contribution in [2.45, 2.75) is 13.3 Å². The van der Waals surface area contributed by atoms with Gasteiger partial charge in [-0.15, -0.1) is 0 Å². The number of fused-ring (bicyclic) bond motifs is 1.